The summed E-state index contributed by atoms with van der Waals surface area (Å²) in [6, 6.07) is 67.9. The molecular formula is C50H31NOS. The van der Waals surface area contributed by atoms with Gasteiger partial charge < -0.3 is 9.32 Å². The Morgan fingerprint density at radius 2 is 1.00 bits per heavy atom. The molecule has 3 heteroatoms. The molecule has 11 rings (SSSR count). The van der Waals surface area contributed by atoms with Gasteiger partial charge >= 0.3 is 0 Å². The summed E-state index contributed by atoms with van der Waals surface area (Å²) in [5.74, 6) is 0. The monoisotopic (exact) mass is 693 g/mol. The summed E-state index contributed by atoms with van der Waals surface area (Å²) in [5, 5.41) is 9.67. The van der Waals surface area contributed by atoms with E-state index in [9.17, 15) is 0 Å². The quantitative estimate of drug-likeness (QED) is 0.167. The number of anilines is 3. The number of para-hydroxylation sites is 2. The van der Waals surface area contributed by atoms with Crippen molar-refractivity contribution in [1.29, 1.82) is 0 Å². The number of benzene rings is 9. The number of hydrogen-bond donors (Lipinski definition) is 0. The average molecular weight is 694 g/mol. The minimum absolute atomic E-state index is 0.865. The molecule has 2 nitrogen and oxygen atoms in total. The van der Waals surface area contributed by atoms with Crippen LogP contribution in [0.3, 0.4) is 0 Å². The summed E-state index contributed by atoms with van der Waals surface area (Å²) in [4.78, 5) is 2.44. The molecule has 9 aromatic carbocycles. The highest BCUT2D eigenvalue weighted by atomic mass is 32.1. The Morgan fingerprint density at radius 1 is 0.396 bits per heavy atom. The van der Waals surface area contributed by atoms with Gasteiger partial charge in [-0.2, -0.15) is 0 Å². The van der Waals surface area contributed by atoms with Crippen LogP contribution in [-0.2, 0) is 0 Å². The maximum atomic E-state index is 6.78. The fourth-order valence-corrected chi connectivity index (χ4v) is 9.55. The Labute approximate surface area is 310 Å². The molecule has 0 radical (unpaired) electrons. The van der Waals surface area contributed by atoms with Crippen molar-refractivity contribution in [3.8, 4) is 22.3 Å². The Morgan fingerprint density at radius 3 is 1.81 bits per heavy atom. The van der Waals surface area contributed by atoms with E-state index >= 15 is 0 Å². The van der Waals surface area contributed by atoms with Crippen LogP contribution in [0.4, 0.5) is 17.1 Å². The summed E-state index contributed by atoms with van der Waals surface area (Å²) in [5.41, 5.74) is 9.72. The molecule has 0 fully saturated rings. The van der Waals surface area contributed by atoms with Gasteiger partial charge in [0.15, 0.2) is 5.58 Å². The normalized spacial score (nSPS) is 11.8. The number of furan rings is 1. The Hall–Kier alpha value is -6.68. The van der Waals surface area contributed by atoms with Gasteiger partial charge in [-0.25, -0.2) is 0 Å². The molecule has 53 heavy (non-hydrogen) atoms. The first-order chi connectivity index (χ1) is 26.3. The molecule has 0 bridgehead atoms. The molecule has 0 atom stereocenters. The smallest absolute Gasteiger partial charge is 0.159 e. The Balaban J connectivity index is 1.22. The zero-order valence-electron chi connectivity index (χ0n) is 28.7. The van der Waals surface area contributed by atoms with Crippen LogP contribution in [0.2, 0.25) is 0 Å². The van der Waals surface area contributed by atoms with Crippen LogP contribution in [-0.4, -0.2) is 0 Å². The lowest BCUT2D eigenvalue weighted by Gasteiger charge is -2.30. The molecule has 0 N–H and O–H groups in total. The second-order valence-electron chi connectivity index (χ2n) is 13.6. The van der Waals surface area contributed by atoms with E-state index in [-0.39, 0.29) is 0 Å². The first kappa shape index (κ1) is 30.0. The van der Waals surface area contributed by atoms with Gasteiger partial charge in [-0.05, 0) is 63.2 Å². The molecule has 11 aromatic rings. The fourth-order valence-electron chi connectivity index (χ4n) is 8.31. The fraction of sp³-hybridized carbons (Fsp3) is 0. The highest BCUT2D eigenvalue weighted by molar-refractivity contribution is 7.26. The van der Waals surface area contributed by atoms with Crippen LogP contribution in [0.15, 0.2) is 192 Å². The predicted molar refractivity (Wildman–Crippen MR) is 227 cm³/mol. The van der Waals surface area contributed by atoms with Crippen LogP contribution >= 0.6 is 11.3 Å². The van der Waals surface area contributed by atoms with Crippen molar-refractivity contribution in [2.24, 2.45) is 0 Å². The van der Waals surface area contributed by atoms with Crippen molar-refractivity contribution >= 4 is 92.1 Å². The van der Waals surface area contributed by atoms with Gasteiger partial charge in [0.2, 0.25) is 0 Å². The van der Waals surface area contributed by atoms with Gasteiger partial charge in [-0.1, -0.05) is 158 Å². The third-order valence-electron chi connectivity index (χ3n) is 10.7. The second kappa shape index (κ2) is 11.9. The lowest BCUT2D eigenvalue weighted by atomic mass is 9.90. The molecule has 0 aliphatic rings. The van der Waals surface area contributed by atoms with Gasteiger partial charge in [0.1, 0.15) is 5.58 Å². The molecule has 0 aliphatic heterocycles. The largest absolute Gasteiger partial charge is 0.454 e. The summed E-state index contributed by atoms with van der Waals surface area (Å²) in [6.45, 7) is 0. The van der Waals surface area contributed by atoms with Gasteiger partial charge in [-0.15, -0.1) is 11.3 Å². The maximum absolute atomic E-state index is 6.78. The van der Waals surface area contributed by atoms with Crippen molar-refractivity contribution in [3.05, 3.63) is 188 Å². The average Bonchev–Trinajstić information content (AvgIpc) is 3.81. The highest BCUT2D eigenvalue weighted by Crippen LogP contribution is 2.51. The third kappa shape index (κ3) is 4.64. The summed E-state index contributed by atoms with van der Waals surface area (Å²) in [6.07, 6.45) is 0. The highest BCUT2D eigenvalue weighted by Gasteiger charge is 2.26. The third-order valence-corrected chi connectivity index (χ3v) is 11.9. The standard InChI is InChI=1S/C50H31NOS/c1-2-14-33(15-3-1)47-40-20-6-4-16-36(40)37-17-5-7-21-41(37)48(47)51(44-25-13-23-42-38-18-8-10-26-45(38)52-49(42)44)34-30-28-32(29-31-34)35-22-12-24-43-39-19-9-11-27-46(39)53-50(35)43/h1-31H. The first-order valence-electron chi connectivity index (χ1n) is 18.0. The summed E-state index contributed by atoms with van der Waals surface area (Å²) >= 11 is 1.87. The maximum Gasteiger partial charge on any atom is 0.159 e. The van der Waals surface area contributed by atoms with Crippen LogP contribution < -0.4 is 4.90 Å². The molecule has 0 amide bonds. The molecule has 0 spiro atoms. The van der Waals surface area contributed by atoms with E-state index in [2.05, 4.69) is 187 Å². The number of nitrogens with zero attached hydrogens (tertiary/aromatic N) is 1. The van der Waals surface area contributed by atoms with Gasteiger partial charge in [-0.3, -0.25) is 0 Å². The van der Waals surface area contributed by atoms with Gasteiger partial charge in [0.25, 0.3) is 0 Å². The summed E-state index contributed by atoms with van der Waals surface area (Å²) < 4.78 is 9.41. The molecular weight excluding hydrogens is 663 g/mol. The topological polar surface area (TPSA) is 16.4 Å². The zero-order valence-corrected chi connectivity index (χ0v) is 29.5. The molecule has 2 heterocycles. The molecule has 0 aliphatic carbocycles. The van der Waals surface area contributed by atoms with Crippen LogP contribution in [0.25, 0.3) is 85.9 Å². The lowest BCUT2D eigenvalue weighted by molar-refractivity contribution is 0.669. The van der Waals surface area contributed by atoms with E-state index in [1.807, 2.05) is 17.4 Å². The Bertz CT molecular complexity index is 3170. The minimum atomic E-state index is 0.865. The van der Waals surface area contributed by atoms with Crippen molar-refractivity contribution in [2.45, 2.75) is 0 Å². The number of fused-ring (bicyclic) bond motifs is 9. The molecule has 248 valence electrons. The van der Waals surface area contributed by atoms with E-state index in [0.29, 0.717) is 0 Å². The van der Waals surface area contributed by atoms with E-state index < -0.39 is 0 Å². The minimum Gasteiger partial charge on any atom is -0.454 e. The van der Waals surface area contributed by atoms with Crippen molar-refractivity contribution in [2.75, 3.05) is 4.90 Å². The number of hydrogen-bond acceptors (Lipinski definition) is 3. The van der Waals surface area contributed by atoms with Crippen molar-refractivity contribution in [1.82, 2.24) is 0 Å². The SMILES string of the molecule is c1ccc(-c2c(N(c3ccc(-c4cccc5c4sc4ccccc45)cc3)c3cccc4c3oc3ccccc34)c3ccccc3c3ccccc23)cc1. The second-order valence-corrected chi connectivity index (χ2v) is 14.6. The zero-order chi connectivity index (χ0) is 34.9. The first-order valence-corrected chi connectivity index (χ1v) is 18.8. The van der Waals surface area contributed by atoms with E-state index in [0.717, 1.165) is 39.0 Å². The van der Waals surface area contributed by atoms with Crippen molar-refractivity contribution < 1.29 is 4.42 Å². The number of rotatable bonds is 5. The molecule has 0 unspecified atom stereocenters. The van der Waals surface area contributed by atoms with E-state index in [1.165, 1.54) is 64.0 Å². The molecule has 0 saturated heterocycles. The van der Waals surface area contributed by atoms with Crippen LogP contribution in [0, 0.1) is 0 Å². The van der Waals surface area contributed by atoms with Gasteiger partial charge in [0.05, 0.1) is 11.4 Å². The predicted octanol–water partition coefficient (Wildman–Crippen LogP) is 15.1. The lowest BCUT2D eigenvalue weighted by Crippen LogP contribution is -2.12. The van der Waals surface area contributed by atoms with E-state index in [4.69, 9.17) is 4.42 Å². The molecule has 0 saturated carbocycles. The van der Waals surface area contributed by atoms with Crippen LogP contribution in [0.5, 0.6) is 0 Å². The number of thiophene rings is 1. The molecule has 2 aromatic heterocycles. The van der Waals surface area contributed by atoms with Gasteiger partial charge in [0, 0.05) is 47.6 Å². The van der Waals surface area contributed by atoms with E-state index in [1.54, 1.807) is 0 Å². The van der Waals surface area contributed by atoms with Crippen molar-refractivity contribution in [3.63, 3.8) is 0 Å². The van der Waals surface area contributed by atoms with Crippen LogP contribution in [0.1, 0.15) is 0 Å². The Kier molecular flexibility index (Phi) is 6.76. The summed E-state index contributed by atoms with van der Waals surface area (Å²) in [7, 11) is 0.